The van der Waals surface area contributed by atoms with Crippen molar-refractivity contribution in [1.82, 2.24) is 5.32 Å². The van der Waals surface area contributed by atoms with E-state index in [1.54, 1.807) is 42.5 Å². The standard InChI is InChI=1S/C20H17N3O6/c24-19(13-29-17-8-2-1-7-16(17)23(26)27)21-12-14-5-3-6-15(11-14)22-20(25)18-9-4-10-28-18/h1-11H,12-13H2,(H,21,24)(H,22,25). The molecule has 0 unspecified atom stereocenters. The number of para-hydroxylation sites is 2. The fourth-order valence-electron chi connectivity index (χ4n) is 2.48. The molecule has 0 radical (unpaired) electrons. The molecule has 3 aromatic rings. The van der Waals surface area contributed by atoms with Gasteiger partial charge in [0.05, 0.1) is 11.2 Å². The fourth-order valence-corrected chi connectivity index (χ4v) is 2.48. The van der Waals surface area contributed by atoms with Gasteiger partial charge in [0.1, 0.15) is 0 Å². The molecule has 0 aliphatic rings. The number of nitro groups is 1. The molecule has 0 fully saturated rings. The summed E-state index contributed by atoms with van der Waals surface area (Å²) in [5.41, 5.74) is 1.09. The van der Waals surface area contributed by atoms with Crippen LogP contribution in [-0.4, -0.2) is 23.3 Å². The number of carbonyl (C=O) groups excluding carboxylic acids is 2. The summed E-state index contributed by atoms with van der Waals surface area (Å²) in [4.78, 5) is 34.4. The average molecular weight is 395 g/mol. The van der Waals surface area contributed by atoms with Crippen LogP contribution in [0.5, 0.6) is 5.75 Å². The number of anilines is 1. The van der Waals surface area contributed by atoms with E-state index in [1.165, 1.54) is 24.5 Å². The maximum absolute atomic E-state index is 12.0. The second-order valence-corrected chi connectivity index (χ2v) is 5.92. The molecule has 0 aliphatic carbocycles. The Hall–Kier alpha value is -4.14. The van der Waals surface area contributed by atoms with E-state index in [1.807, 2.05) is 0 Å². The van der Waals surface area contributed by atoms with Crippen molar-refractivity contribution in [2.75, 3.05) is 11.9 Å². The molecule has 0 bridgehead atoms. The number of furan rings is 1. The minimum absolute atomic E-state index is 0.0234. The highest BCUT2D eigenvalue weighted by molar-refractivity contribution is 6.02. The molecule has 9 heteroatoms. The van der Waals surface area contributed by atoms with Gasteiger partial charge in [-0.3, -0.25) is 19.7 Å². The van der Waals surface area contributed by atoms with Crippen molar-refractivity contribution in [2.45, 2.75) is 6.54 Å². The maximum Gasteiger partial charge on any atom is 0.310 e. The first-order valence-corrected chi connectivity index (χ1v) is 8.59. The van der Waals surface area contributed by atoms with E-state index in [0.29, 0.717) is 5.69 Å². The number of hydrogen-bond donors (Lipinski definition) is 2. The van der Waals surface area contributed by atoms with Gasteiger partial charge in [-0.2, -0.15) is 0 Å². The normalized spacial score (nSPS) is 10.2. The van der Waals surface area contributed by atoms with Gasteiger partial charge >= 0.3 is 5.69 Å². The van der Waals surface area contributed by atoms with Gasteiger partial charge in [0.25, 0.3) is 11.8 Å². The number of amides is 2. The van der Waals surface area contributed by atoms with Crippen molar-refractivity contribution in [3.63, 3.8) is 0 Å². The van der Waals surface area contributed by atoms with Gasteiger partial charge in [0, 0.05) is 18.3 Å². The highest BCUT2D eigenvalue weighted by atomic mass is 16.6. The van der Waals surface area contributed by atoms with Crippen molar-refractivity contribution in [3.8, 4) is 5.75 Å². The zero-order chi connectivity index (χ0) is 20.6. The third-order valence-electron chi connectivity index (χ3n) is 3.84. The Morgan fingerprint density at radius 2 is 1.90 bits per heavy atom. The minimum atomic E-state index is -0.574. The van der Waals surface area contributed by atoms with Crippen molar-refractivity contribution in [1.29, 1.82) is 0 Å². The van der Waals surface area contributed by atoms with Crippen LogP contribution >= 0.6 is 0 Å². The maximum atomic E-state index is 12.0. The van der Waals surface area contributed by atoms with Crippen molar-refractivity contribution in [3.05, 3.63) is 88.4 Å². The summed E-state index contributed by atoms with van der Waals surface area (Å²) < 4.78 is 10.3. The zero-order valence-corrected chi connectivity index (χ0v) is 15.2. The molecule has 9 nitrogen and oxygen atoms in total. The molecule has 2 N–H and O–H groups in total. The topological polar surface area (TPSA) is 124 Å². The third kappa shape index (κ3) is 5.42. The first kappa shape index (κ1) is 19.6. The van der Waals surface area contributed by atoms with Crippen LogP contribution in [0, 0.1) is 10.1 Å². The van der Waals surface area contributed by atoms with Gasteiger partial charge in [0.15, 0.2) is 18.1 Å². The van der Waals surface area contributed by atoms with Crippen LogP contribution in [0.2, 0.25) is 0 Å². The number of nitrogens with one attached hydrogen (secondary N) is 2. The Kier molecular flexibility index (Phi) is 6.21. The van der Waals surface area contributed by atoms with Gasteiger partial charge < -0.3 is 19.8 Å². The van der Waals surface area contributed by atoms with E-state index in [0.717, 1.165) is 5.56 Å². The molecule has 1 heterocycles. The molecule has 3 rings (SSSR count). The molecule has 0 atom stereocenters. The number of carbonyl (C=O) groups is 2. The second kappa shape index (κ2) is 9.18. The monoisotopic (exact) mass is 395 g/mol. The third-order valence-corrected chi connectivity index (χ3v) is 3.84. The van der Waals surface area contributed by atoms with Crippen LogP contribution in [0.4, 0.5) is 11.4 Å². The molecule has 0 saturated carbocycles. The van der Waals surface area contributed by atoms with E-state index in [-0.39, 0.29) is 36.3 Å². The SMILES string of the molecule is O=C(COc1ccccc1[N+](=O)[O-])NCc1cccc(NC(=O)c2ccco2)c1. The molecule has 29 heavy (non-hydrogen) atoms. The highest BCUT2D eigenvalue weighted by Crippen LogP contribution is 2.25. The summed E-state index contributed by atoms with van der Waals surface area (Å²) in [6.45, 7) is -0.163. The lowest BCUT2D eigenvalue weighted by Crippen LogP contribution is -2.28. The van der Waals surface area contributed by atoms with E-state index < -0.39 is 10.8 Å². The summed E-state index contributed by atoms with van der Waals surface area (Å²) in [7, 11) is 0. The molecule has 2 amide bonds. The number of nitrogens with zero attached hydrogens (tertiary/aromatic N) is 1. The zero-order valence-electron chi connectivity index (χ0n) is 15.2. The molecule has 2 aromatic carbocycles. The minimum Gasteiger partial charge on any atom is -0.477 e. The Balaban J connectivity index is 1.52. The van der Waals surface area contributed by atoms with Gasteiger partial charge in [-0.05, 0) is 35.9 Å². The summed E-state index contributed by atoms with van der Waals surface area (Å²) in [5, 5.41) is 16.3. The van der Waals surface area contributed by atoms with Crippen molar-refractivity contribution >= 4 is 23.2 Å². The fraction of sp³-hybridized carbons (Fsp3) is 0.100. The second-order valence-electron chi connectivity index (χ2n) is 5.92. The molecule has 148 valence electrons. The lowest BCUT2D eigenvalue weighted by molar-refractivity contribution is -0.385. The van der Waals surface area contributed by atoms with Gasteiger partial charge in [-0.15, -0.1) is 0 Å². The van der Waals surface area contributed by atoms with E-state index in [4.69, 9.17) is 9.15 Å². The first-order chi connectivity index (χ1) is 14.0. The van der Waals surface area contributed by atoms with Gasteiger partial charge in [-0.25, -0.2) is 0 Å². The van der Waals surface area contributed by atoms with Crippen LogP contribution in [0.25, 0.3) is 0 Å². The summed E-state index contributed by atoms with van der Waals surface area (Å²) in [5.74, 6) is -0.603. The van der Waals surface area contributed by atoms with Crippen LogP contribution in [0.15, 0.2) is 71.3 Å². The average Bonchev–Trinajstić information content (AvgIpc) is 3.26. The van der Waals surface area contributed by atoms with Crippen LogP contribution in [-0.2, 0) is 11.3 Å². The van der Waals surface area contributed by atoms with Crippen molar-refractivity contribution in [2.24, 2.45) is 0 Å². The summed E-state index contributed by atoms with van der Waals surface area (Å²) in [6.07, 6.45) is 1.41. The number of nitro benzene ring substituents is 1. The number of rotatable bonds is 8. The molecule has 1 aromatic heterocycles. The Bertz CT molecular complexity index is 1020. The lowest BCUT2D eigenvalue weighted by Gasteiger charge is -2.09. The van der Waals surface area contributed by atoms with Gasteiger partial charge in [-0.1, -0.05) is 24.3 Å². The Labute approximate surface area is 165 Å². The predicted octanol–water partition coefficient (Wildman–Crippen LogP) is 3.14. The largest absolute Gasteiger partial charge is 0.477 e. The smallest absolute Gasteiger partial charge is 0.310 e. The molecule has 0 aliphatic heterocycles. The Morgan fingerprint density at radius 3 is 2.66 bits per heavy atom. The first-order valence-electron chi connectivity index (χ1n) is 8.59. The quantitative estimate of drug-likeness (QED) is 0.446. The molecular weight excluding hydrogens is 378 g/mol. The Morgan fingerprint density at radius 1 is 1.07 bits per heavy atom. The van der Waals surface area contributed by atoms with E-state index >= 15 is 0 Å². The number of ether oxygens (including phenoxy) is 1. The van der Waals surface area contributed by atoms with E-state index in [9.17, 15) is 19.7 Å². The van der Waals surface area contributed by atoms with Crippen LogP contribution in [0.3, 0.4) is 0 Å². The highest BCUT2D eigenvalue weighted by Gasteiger charge is 2.15. The van der Waals surface area contributed by atoms with E-state index in [2.05, 4.69) is 10.6 Å². The van der Waals surface area contributed by atoms with Gasteiger partial charge in [0.2, 0.25) is 0 Å². The van der Waals surface area contributed by atoms with Crippen LogP contribution in [0.1, 0.15) is 16.1 Å². The number of hydrogen-bond acceptors (Lipinski definition) is 6. The van der Waals surface area contributed by atoms with Crippen LogP contribution < -0.4 is 15.4 Å². The van der Waals surface area contributed by atoms with Crippen molar-refractivity contribution < 1.29 is 23.7 Å². The predicted molar refractivity (Wildman–Crippen MR) is 104 cm³/mol. The molecule has 0 saturated heterocycles. The summed E-state index contributed by atoms with van der Waals surface area (Å²) >= 11 is 0. The summed E-state index contributed by atoms with van der Waals surface area (Å²) in [6, 6.07) is 15.9. The molecule has 0 spiro atoms. The lowest BCUT2D eigenvalue weighted by atomic mass is 10.2. The number of benzene rings is 2. The molecular formula is C20H17N3O6.